The Morgan fingerprint density at radius 3 is 2.29 bits per heavy atom. The first kappa shape index (κ1) is 15.3. The summed E-state index contributed by atoms with van der Waals surface area (Å²) in [4.78, 5) is 2.45. The van der Waals surface area contributed by atoms with Crippen LogP contribution in [-0.2, 0) is 10.0 Å². The normalized spacial score (nSPS) is 17.9. The van der Waals surface area contributed by atoms with Crippen molar-refractivity contribution in [2.45, 2.75) is 4.90 Å². The van der Waals surface area contributed by atoms with E-state index in [2.05, 4.69) is 4.90 Å². The van der Waals surface area contributed by atoms with Crippen LogP contribution in [0.25, 0.3) is 0 Å². The predicted octanol–water partition coefficient (Wildman–Crippen LogP) is 1.93. The van der Waals surface area contributed by atoms with Gasteiger partial charge in [-0.15, -0.1) is 0 Å². The molecule has 7 heteroatoms. The van der Waals surface area contributed by atoms with Crippen molar-refractivity contribution in [2.75, 3.05) is 37.9 Å². The van der Waals surface area contributed by atoms with Crippen LogP contribution < -0.4 is 14.4 Å². The number of hydrogen-bond acceptors (Lipinski definition) is 5. The highest BCUT2D eigenvalue weighted by atomic mass is 32.2. The number of fused-ring (bicyclic) bond motifs is 1. The second-order valence-corrected chi connectivity index (χ2v) is 7.68. The van der Waals surface area contributed by atoms with Gasteiger partial charge in [0.15, 0.2) is 11.5 Å². The van der Waals surface area contributed by atoms with E-state index in [1.165, 1.54) is 4.31 Å². The Morgan fingerprint density at radius 1 is 0.833 bits per heavy atom. The second-order valence-electron chi connectivity index (χ2n) is 5.74. The van der Waals surface area contributed by atoms with Crippen LogP contribution >= 0.6 is 0 Å². The molecule has 1 fully saturated rings. The van der Waals surface area contributed by atoms with Gasteiger partial charge in [0.1, 0.15) is 0 Å². The number of piperazine rings is 1. The first-order valence-corrected chi connectivity index (χ1v) is 9.28. The fourth-order valence-electron chi connectivity index (χ4n) is 3.01. The summed E-state index contributed by atoms with van der Waals surface area (Å²) in [5.41, 5.74) is 1.12. The minimum Gasteiger partial charge on any atom is -0.454 e. The Hall–Kier alpha value is -2.25. The van der Waals surface area contributed by atoms with E-state index in [-0.39, 0.29) is 11.7 Å². The first-order valence-electron chi connectivity index (χ1n) is 7.84. The maximum Gasteiger partial charge on any atom is 0.243 e. The van der Waals surface area contributed by atoms with Crippen LogP contribution in [0, 0.1) is 0 Å². The molecule has 0 aliphatic carbocycles. The number of para-hydroxylation sites is 1. The SMILES string of the molecule is O=S(=O)(c1ccc2c(c1)OCO2)N1CCN(c2ccccc2)CC1. The zero-order chi connectivity index (χ0) is 16.6. The molecule has 2 aromatic rings. The molecule has 2 aliphatic rings. The summed E-state index contributed by atoms with van der Waals surface area (Å²) in [5.74, 6) is 1.07. The maximum absolute atomic E-state index is 12.8. The fraction of sp³-hybridized carbons (Fsp3) is 0.294. The zero-order valence-electron chi connectivity index (χ0n) is 13.1. The molecule has 0 saturated carbocycles. The number of ether oxygens (including phenoxy) is 2. The number of sulfonamides is 1. The topological polar surface area (TPSA) is 59.1 Å². The van der Waals surface area contributed by atoms with Crippen molar-refractivity contribution >= 4 is 15.7 Å². The zero-order valence-corrected chi connectivity index (χ0v) is 13.9. The number of benzene rings is 2. The molecule has 0 N–H and O–H groups in total. The summed E-state index contributed by atoms with van der Waals surface area (Å²) in [6.07, 6.45) is 0. The third kappa shape index (κ3) is 2.70. The summed E-state index contributed by atoms with van der Waals surface area (Å²) in [6, 6.07) is 14.8. The van der Waals surface area contributed by atoms with E-state index in [0.29, 0.717) is 37.7 Å². The van der Waals surface area contributed by atoms with Gasteiger partial charge >= 0.3 is 0 Å². The molecule has 0 bridgehead atoms. The maximum atomic E-state index is 12.8. The molecular formula is C17H18N2O4S. The van der Waals surface area contributed by atoms with Crippen LogP contribution in [0.1, 0.15) is 0 Å². The van der Waals surface area contributed by atoms with Crippen LogP contribution in [0.5, 0.6) is 11.5 Å². The van der Waals surface area contributed by atoms with Crippen molar-refractivity contribution in [3.8, 4) is 11.5 Å². The molecule has 126 valence electrons. The van der Waals surface area contributed by atoms with Crippen molar-refractivity contribution in [3.05, 3.63) is 48.5 Å². The van der Waals surface area contributed by atoms with Gasteiger partial charge in [0.25, 0.3) is 0 Å². The Balaban J connectivity index is 1.50. The molecule has 2 heterocycles. The third-order valence-corrected chi connectivity index (χ3v) is 6.24. The fourth-order valence-corrected chi connectivity index (χ4v) is 4.45. The number of anilines is 1. The van der Waals surface area contributed by atoms with Crippen LogP contribution in [-0.4, -0.2) is 45.7 Å². The minimum atomic E-state index is -3.52. The highest BCUT2D eigenvalue weighted by Crippen LogP contribution is 2.34. The number of nitrogens with zero attached hydrogens (tertiary/aromatic N) is 2. The van der Waals surface area contributed by atoms with Crippen molar-refractivity contribution < 1.29 is 17.9 Å². The van der Waals surface area contributed by atoms with Crippen LogP contribution in [0.2, 0.25) is 0 Å². The lowest BCUT2D eigenvalue weighted by Crippen LogP contribution is -2.48. The Morgan fingerprint density at radius 2 is 1.54 bits per heavy atom. The molecule has 2 aliphatic heterocycles. The van der Waals surface area contributed by atoms with Crippen molar-refractivity contribution in [1.82, 2.24) is 4.31 Å². The van der Waals surface area contributed by atoms with Gasteiger partial charge in [0.2, 0.25) is 16.8 Å². The number of rotatable bonds is 3. The summed E-state index contributed by atoms with van der Waals surface area (Å²) >= 11 is 0. The highest BCUT2D eigenvalue weighted by Gasteiger charge is 2.30. The van der Waals surface area contributed by atoms with Gasteiger partial charge in [-0.1, -0.05) is 18.2 Å². The molecule has 1 saturated heterocycles. The van der Waals surface area contributed by atoms with Crippen molar-refractivity contribution in [3.63, 3.8) is 0 Å². The van der Waals surface area contributed by atoms with Gasteiger partial charge in [0.05, 0.1) is 4.90 Å². The van der Waals surface area contributed by atoms with Gasteiger partial charge in [-0.2, -0.15) is 4.31 Å². The van der Waals surface area contributed by atoms with Crippen LogP contribution in [0.3, 0.4) is 0 Å². The summed E-state index contributed by atoms with van der Waals surface area (Å²) < 4.78 is 37.7. The van der Waals surface area contributed by atoms with E-state index in [4.69, 9.17) is 9.47 Å². The molecule has 0 amide bonds. The smallest absolute Gasteiger partial charge is 0.243 e. The lowest BCUT2D eigenvalue weighted by atomic mass is 10.2. The Labute approximate surface area is 141 Å². The van der Waals surface area contributed by atoms with Crippen molar-refractivity contribution in [1.29, 1.82) is 0 Å². The van der Waals surface area contributed by atoms with E-state index >= 15 is 0 Å². The summed E-state index contributed by atoms with van der Waals surface area (Å²) in [5, 5.41) is 0. The van der Waals surface area contributed by atoms with E-state index < -0.39 is 10.0 Å². The predicted molar refractivity (Wildman–Crippen MR) is 90.0 cm³/mol. The largest absolute Gasteiger partial charge is 0.454 e. The van der Waals surface area contributed by atoms with Crippen LogP contribution in [0.15, 0.2) is 53.4 Å². The molecule has 4 rings (SSSR count). The average Bonchev–Trinajstić information content (AvgIpc) is 3.10. The van der Waals surface area contributed by atoms with E-state index in [1.807, 2.05) is 30.3 Å². The summed E-state index contributed by atoms with van der Waals surface area (Å²) in [6.45, 7) is 2.41. The molecule has 0 aromatic heterocycles. The Bertz CT molecular complexity index is 831. The molecule has 6 nitrogen and oxygen atoms in total. The highest BCUT2D eigenvalue weighted by molar-refractivity contribution is 7.89. The van der Waals surface area contributed by atoms with Gasteiger partial charge in [0, 0.05) is 37.9 Å². The van der Waals surface area contributed by atoms with E-state index in [9.17, 15) is 8.42 Å². The van der Waals surface area contributed by atoms with E-state index in [0.717, 1.165) is 5.69 Å². The van der Waals surface area contributed by atoms with E-state index in [1.54, 1.807) is 18.2 Å². The molecule has 0 unspecified atom stereocenters. The monoisotopic (exact) mass is 346 g/mol. The third-order valence-electron chi connectivity index (χ3n) is 4.34. The molecule has 0 radical (unpaired) electrons. The lowest BCUT2D eigenvalue weighted by molar-refractivity contribution is 0.174. The molecule has 2 aromatic carbocycles. The second kappa shape index (κ2) is 5.99. The standard InChI is InChI=1S/C17H18N2O4S/c20-24(21,15-6-7-16-17(12-15)23-13-22-16)19-10-8-18(9-11-19)14-4-2-1-3-5-14/h1-7,12H,8-11,13H2. The minimum absolute atomic E-state index is 0.134. The van der Waals surface area contributed by atoms with Gasteiger partial charge in [-0.25, -0.2) is 8.42 Å². The van der Waals surface area contributed by atoms with Crippen molar-refractivity contribution in [2.24, 2.45) is 0 Å². The first-order chi connectivity index (χ1) is 11.6. The molecule has 24 heavy (non-hydrogen) atoms. The average molecular weight is 346 g/mol. The Kier molecular flexibility index (Phi) is 3.82. The molecular weight excluding hydrogens is 328 g/mol. The van der Waals surface area contributed by atoms with Gasteiger partial charge in [-0.3, -0.25) is 0 Å². The summed E-state index contributed by atoms with van der Waals surface area (Å²) in [7, 11) is -3.52. The molecule has 0 spiro atoms. The number of hydrogen-bond donors (Lipinski definition) is 0. The quantitative estimate of drug-likeness (QED) is 0.850. The van der Waals surface area contributed by atoms with Gasteiger partial charge < -0.3 is 14.4 Å². The van der Waals surface area contributed by atoms with Crippen LogP contribution in [0.4, 0.5) is 5.69 Å². The van der Waals surface area contributed by atoms with Gasteiger partial charge in [-0.05, 0) is 24.3 Å². The molecule has 0 atom stereocenters. The lowest BCUT2D eigenvalue weighted by Gasteiger charge is -2.35.